The second-order valence-corrected chi connectivity index (χ2v) is 5.37. The number of esters is 1. The molecule has 6 heteroatoms. The van der Waals surface area contributed by atoms with Crippen LogP contribution in [0.5, 0.6) is 0 Å². The zero-order valence-electron chi connectivity index (χ0n) is 13.9. The van der Waals surface area contributed by atoms with Crippen LogP contribution in [0.3, 0.4) is 0 Å². The van der Waals surface area contributed by atoms with Crippen LogP contribution >= 0.6 is 0 Å². The van der Waals surface area contributed by atoms with Gasteiger partial charge in [-0.05, 0) is 11.1 Å². The van der Waals surface area contributed by atoms with Crippen LogP contribution in [0, 0.1) is 0 Å². The van der Waals surface area contributed by atoms with Crippen molar-refractivity contribution in [1.29, 1.82) is 0 Å². The second-order valence-electron chi connectivity index (χ2n) is 5.37. The van der Waals surface area contributed by atoms with Crippen LogP contribution < -0.4 is 10.9 Å². The van der Waals surface area contributed by atoms with Crippen LogP contribution in [0.2, 0.25) is 0 Å². The SMILES string of the molecule is COC(=O)CCC(=O)NNC(=O)C(c1ccccc1)c1ccccc1. The van der Waals surface area contributed by atoms with E-state index in [0.717, 1.165) is 11.1 Å². The Balaban J connectivity index is 2.04. The Morgan fingerprint density at radius 1 is 0.840 bits per heavy atom. The third-order valence-electron chi connectivity index (χ3n) is 3.64. The molecule has 130 valence electrons. The van der Waals surface area contributed by atoms with Crippen LogP contribution in [0.1, 0.15) is 29.9 Å². The maximum atomic E-state index is 12.6. The molecule has 2 amide bonds. The summed E-state index contributed by atoms with van der Waals surface area (Å²) in [6.07, 6.45) is -0.104. The minimum Gasteiger partial charge on any atom is -0.469 e. The molecule has 0 aliphatic heterocycles. The summed E-state index contributed by atoms with van der Waals surface area (Å²) in [4.78, 5) is 35.4. The van der Waals surface area contributed by atoms with Crippen molar-refractivity contribution in [3.63, 3.8) is 0 Å². The molecule has 0 fully saturated rings. The first-order valence-electron chi connectivity index (χ1n) is 7.87. The molecule has 0 aliphatic rings. The highest BCUT2D eigenvalue weighted by Crippen LogP contribution is 2.24. The molecule has 6 nitrogen and oxygen atoms in total. The third kappa shape index (κ3) is 5.46. The van der Waals surface area contributed by atoms with Gasteiger partial charge in [0.1, 0.15) is 0 Å². The van der Waals surface area contributed by atoms with Crippen LogP contribution in [0.4, 0.5) is 0 Å². The van der Waals surface area contributed by atoms with Crippen LogP contribution in [0.15, 0.2) is 60.7 Å². The molecule has 0 aliphatic carbocycles. The van der Waals surface area contributed by atoms with Crippen molar-refractivity contribution in [2.45, 2.75) is 18.8 Å². The lowest BCUT2D eigenvalue weighted by Gasteiger charge is -2.18. The summed E-state index contributed by atoms with van der Waals surface area (Å²) in [6.45, 7) is 0. The van der Waals surface area contributed by atoms with E-state index in [0.29, 0.717) is 0 Å². The minimum atomic E-state index is -0.552. The van der Waals surface area contributed by atoms with E-state index in [9.17, 15) is 14.4 Å². The average molecular weight is 340 g/mol. The molecule has 0 saturated carbocycles. The van der Waals surface area contributed by atoms with E-state index < -0.39 is 17.8 Å². The largest absolute Gasteiger partial charge is 0.469 e. The molecule has 2 aromatic rings. The van der Waals surface area contributed by atoms with Crippen molar-refractivity contribution in [2.24, 2.45) is 0 Å². The fraction of sp³-hybridized carbons (Fsp3) is 0.211. The van der Waals surface area contributed by atoms with Crippen LogP contribution in [0.25, 0.3) is 0 Å². The van der Waals surface area contributed by atoms with E-state index in [1.54, 1.807) is 0 Å². The number of amides is 2. The molecule has 0 unspecified atom stereocenters. The Kier molecular flexibility index (Phi) is 6.71. The molecule has 0 saturated heterocycles. The number of rotatable bonds is 6. The summed E-state index contributed by atoms with van der Waals surface area (Å²) in [5, 5.41) is 0. The number of nitrogens with one attached hydrogen (secondary N) is 2. The molecule has 2 aromatic carbocycles. The molecule has 0 bridgehead atoms. The van der Waals surface area contributed by atoms with Gasteiger partial charge >= 0.3 is 5.97 Å². The normalized spacial score (nSPS) is 10.2. The number of hydrazine groups is 1. The number of hydrogen-bond donors (Lipinski definition) is 2. The quantitative estimate of drug-likeness (QED) is 0.621. The summed E-state index contributed by atoms with van der Waals surface area (Å²) < 4.78 is 4.47. The second kappa shape index (κ2) is 9.22. The summed E-state index contributed by atoms with van der Waals surface area (Å²) in [6, 6.07) is 18.6. The molecular formula is C19H20N2O4. The average Bonchev–Trinajstić information content (AvgIpc) is 2.66. The number of ether oxygens (including phenoxy) is 1. The van der Waals surface area contributed by atoms with Gasteiger partial charge in [-0.15, -0.1) is 0 Å². The fourth-order valence-corrected chi connectivity index (χ4v) is 2.37. The maximum absolute atomic E-state index is 12.6. The molecule has 2 rings (SSSR count). The standard InChI is InChI=1S/C19H20N2O4/c1-25-17(23)13-12-16(22)20-21-19(24)18(14-8-4-2-5-9-14)15-10-6-3-7-11-15/h2-11,18H,12-13H2,1H3,(H,20,22)(H,21,24). The van der Waals surface area contributed by atoms with Crippen LogP contribution in [-0.2, 0) is 19.1 Å². The van der Waals surface area contributed by atoms with E-state index in [1.807, 2.05) is 60.7 Å². The number of methoxy groups -OCH3 is 1. The van der Waals surface area contributed by atoms with Crippen molar-refractivity contribution in [3.8, 4) is 0 Å². The Bertz CT molecular complexity index is 677. The molecule has 25 heavy (non-hydrogen) atoms. The third-order valence-corrected chi connectivity index (χ3v) is 3.64. The van der Waals surface area contributed by atoms with Gasteiger partial charge in [0, 0.05) is 6.42 Å². The van der Waals surface area contributed by atoms with Gasteiger partial charge in [-0.2, -0.15) is 0 Å². The first kappa shape index (κ1) is 18.2. The Morgan fingerprint density at radius 2 is 1.36 bits per heavy atom. The lowest BCUT2D eigenvalue weighted by Crippen LogP contribution is -2.44. The van der Waals surface area contributed by atoms with E-state index in [1.165, 1.54) is 7.11 Å². The molecule has 0 aromatic heterocycles. The van der Waals surface area contributed by atoms with Crippen molar-refractivity contribution in [3.05, 3.63) is 71.8 Å². The molecular weight excluding hydrogens is 320 g/mol. The summed E-state index contributed by atoms with van der Waals surface area (Å²) >= 11 is 0. The fourth-order valence-electron chi connectivity index (χ4n) is 2.37. The zero-order valence-corrected chi connectivity index (χ0v) is 13.9. The van der Waals surface area contributed by atoms with Crippen molar-refractivity contribution in [2.75, 3.05) is 7.11 Å². The van der Waals surface area contributed by atoms with Gasteiger partial charge < -0.3 is 4.74 Å². The summed E-state index contributed by atoms with van der Waals surface area (Å²) in [5.41, 5.74) is 6.40. The highest BCUT2D eigenvalue weighted by molar-refractivity contribution is 5.89. The summed E-state index contributed by atoms with van der Waals surface area (Å²) in [5.74, 6) is -1.85. The number of carbonyl (C=O) groups is 3. The van der Waals surface area contributed by atoms with Crippen molar-refractivity contribution >= 4 is 17.8 Å². The van der Waals surface area contributed by atoms with Crippen LogP contribution in [-0.4, -0.2) is 24.9 Å². The van der Waals surface area contributed by atoms with Gasteiger partial charge in [-0.1, -0.05) is 60.7 Å². The number of benzene rings is 2. The van der Waals surface area contributed by atoms with E-state index >= 15 is 0 Å². The van der Waals surface area contributed by atoms with Crippen molar-refractivity contribution in [1.82, 2.24) is 10.9 Å². The first-order chi connectivity index (χ1) is 12.1. The van der Waals surface area contributed by atoms with Gasteiger partial charge in [0.2, 0.25) is 11.8 Å². The number of carbonyl (C=O) groups excluding carboxylic acids is 3. The molecule has 0 atom stereocenters. The zero-order chi connectivity index (χ0) is 18.1. The van der Waals surface area contributed by atoms with Gasteiger partial charge in [-0.3, -0.25) is 25.2 Å². The molecule has 0 heterocycles. The van der Waals surface area contributed by atoms with E-state index in [-0.39, 0.29) is 18.7 Å². The summed E-state index contributed by atoms with van der Waals surface area (Å²) in [7, 11) is 1.26. The molecule has 0 radical (unpaired) electrons. The first-order valence-corrected chi connectivity index (χ1v) is 7.87. The van der Waals surface area contributed by atoms with E-state index in [4.69, 9.17) is 0 Å². The Morgan fingerprint density at radius 3 is 1.84 bits per heavy atom. The highest BCUT2D eigenvalue weighted by Gasteiger charge is 2.22. The van der Waals surface area contributed by atoms with Crippen molar-refractivity contribution < 1.29 is 19.1 Å². The lowest BCUT2D eigenvalue weighted by molar-refractivity contribution is -0.142. The molecule has 2 N–H and O–H groups in total. The topological polar surface area (TPSA) is 84.5 Å². The van der Waals surface area contributed by atoms with Gasteiger partial charge in [0.15, 0.2) is 0 Å². The van der Waals surface area contributed by atoms with Gasteiger partial charge in [0.05, 0.1) is 19.4 Å². The van der Waals surface area contributed by atoms with Gasteiger partial charge in [0.25, 0.3) is 0 Å². The lowest BCUT2D eigenvalue weighted by atomic mass is 9.91. The highest BCUT2D eigenvalue weighted by atomic mass is 16.5. The maximum Gasteiger partial charge on any atom is 0.306 e. The Hall–Kier alpha value is -3.15. The van der Waals surface area contributed by atoms with Gasteiger partial charge in [-0.25, -0.2) is 0 Å². The smallest absolute Gasteiger partial charge is 0.306 e. The predicted molar refractivity (Wildman–Crippen MR) is 92.3 cm³/mol. The monoisotopic (exact) mass is 340 g/mol. The van der Waals surface area contributed by atoms with E-state index in [2.05, 4.69) is 15.6 Å². The minimum absolute atomic E-state index is 0.0427. The predicted octanol–water partition coefficient (Wildman–Crippen LogP) is 1.92. The molecule has 0 spiro atoms. The Labute approximate surface area is 146 Å². The number of hydrogen-bond acceptors (Lipinski definition) is 4.